The fourth-order valence-corrected chi connectivity index (χ4v) is 1.73. The highest BCUT2D eigenvalue weighted by Crippen LogP contribution is 2.09. The van der Waals surface area contributed by atoms with Gasteiger partial charge in [-0.25, -0.2) is 4.79 Å². The second-order valence-corrected chi connectivity index (χ2v) is 4.03. The molecule has 1 N–H and O–H groups in total. The summed E-state index contributed by atoms with van der Waals surface area (Å²) < 4.78 is 7.06. The third kappa shape index (κ3) is 2.15. The summed E-state index contributed by atoms with van der Waals surface area (Å²) in [5.41, 5.74) is -0.343. The van der Waals surface area contributed by atoms with Crippen molar-refractivity contribution in [2.75, 3.05) is 5.32 Å². The van der Waals surface area contributed by atoms with E-state index in [9.17, 15) is 9.59 Å². The number of hydrogen-bond donors (Lipinski definition) is 1. The minimum Gasteiger partial charge on any atom is -0.472 e. The van der Waals surface area contributed by atoms with Crippen LogP contribution in [-0.4, -0.2) is 9.13 Å². The lowest BCUT2D eigenvalue weighted by molar-refractivity contribution is 0.564. The monoisotopic (exact) mass is 260 g/mol. The van der Waals surface area contributed by atoms with Crippen LogP contribution >= 0.6 is 0 Å². The van der Waals surface area contributed by atoms with Crippen LogP contribution in [0.3, 0.4) is 0 Å². The van der Waals surface area contributed by atoms with Crippen molar-refractivity contribution in [2.24, 2.45) is 14.1 Å². The zero-order valence-electron chi connectivity index (χ0n) is 10.5. The maximum atomic E-state index is 11.8. The second-order valence-electron chi connectivity index (χ2n) is 4.03. The van der Waals surface area contributed by atoms with Crippen LogP contribution in [0.5, 0.6) is 0 Å². The van der Waals surface area contributed by atoms with E-state index in [1.165, 1.54) is 31.2 Å². The Bertz CT molecular complexity index is 747. The van der Waals surface area contributed by atoms with Gasteiger partial charge >= 0.3 is 5.69 Å². The highest BCUT2D eigenvalue weighted by Gasteiger charge is 2.14. The molecular formula is C12H12N4O3. The van der Waals surface area contributed by atoms with Gasteiger partial charge in [0.2, 0.25) is 0 Å². The maximum Gasteiger partial charge on any atom is 0.332 e. The van der Waals surface area contributed by atoms with E-state index in [0.717, 1.165) is 10.1 Å². The summed E-state index contributed by atoms with van der Waals surface area (Å²) in [6, 6.07) is 3.57. The molecule has 0 unspecified atom stereocenters. The van der Waals surface area contributed by atoms with E-state index in [1.54, 1.807) is 6.07 Å². The van der Waals surface area contributed by atoms with Crippen LogP contribution < -0.4 is 16.6 Å². The topological polar surface area (TPSA) is 93.0 Å². The van der Waals surface area contributed by atoms with E-state index in [-0.39, 0.29) is 11.4 Å². The standard InChI is InChI=1S/C12H12N4O3/c1-15-10(14-6-8-3-4-19-7-8)9(5-13)11(17)16(2)12(15)18/h3-4,7,14H,6H2,1-2H3. The van der Waals surface area contributed by atoms with Crippen LogP contribution in [0.1, 0.15) is 11.1 Å². The summed E-state index contributed by atoms with van der Waals surface area (Å²) in [6.07, 6.45) is 3.06. The predicted octanol–water partition coefficient (Wildman–Crippen LogP) is 0.161. The summed E-state index contributed by atoms with van der Waals surface area (Å²) in [7, 11) is 2.84. The Hall–Kier alpha value is -2.75. The summed E-state index contributed by atoms with van der Waals surface area (Å²) in [4.78, 5) is 23.6. The molecule has 0 aliphatic rings. The molecule has 0 saturated carbocycles. The van der Waals surface area contributed by atoms with Crippen molar-refractivity contribution < 1.29 is 4.42 Å². The van der Waals surface area contributed by atoms with Gasteiger partial charge in [0.1, 0.15) is 11.9 Å². The van der Waals surface area contributed by atoms with Gasteiger partial charge in [-0.05, 0) is 6.07 Å². The first-order valence-corrected chi connectivity index (χ1v) is 5.51. The second kappa shape index (κ2) is 4.86. The smallest absolute Gasteiger partial charge is 0.332 e. The van der Waals surface area contributed by atoms with Crippen LogP contribution in [0.15, 0.2) is 32.6 Å². The molecule has 0 aliphatic carbocycles. The van der Waals surface area contributed by atoms with Gasteiger partial charge in [-0.15, -0.1) is 0 Å². The molecule has 98 valence electrons. The lowest BCUT2D eigenvalue weighted by Gasteiger charge is -2.12. The fraction of sp³-hybridized carbons (Fsp3) is 0.250. The molecule has 7 heteroatoms. The van der Waals surface area contributed by atoms with Gasteiger partial charge in [0.25, 0.3) is 5.56 Å². The van der Waals surface area contributed by atoms with Crippen molar-refractivity contribution in [2.45, 2.75) is 6.54 Å². The zero-order chi connectivity index (χ0) is 14.0. The zero-order valence-corrected chi connectivity index (χ0v) is 10.5. The average Bonchev–Trinajstić information content (AvgIpc) is 2.92. The molecule has 2 aromatic rings. The molecule has 0 aromatic carbocycles. The Kier molecular flexibility index (Phi) is 3.25. The molecule has 0 spiro atoms. The number of hydrogen-bond acceptors (Lipinski definition) is 5. The Morgan fingerprint density at radius 2 is 2.11 bits per heavy atom. The van der Waals surface area contributed by atoms with Gasteiger partial charge < -0.3 is 9.73 Å². The minimum atomic E-state index is -0.611. The maximum absolute atomic E-state index is 11.8. The molecule has 0 saturated heterocycles. The van der Waals surface area contributed by atoms with Gasteiger partial charge in [-0.2, -0.15) is 5.26 Å². The number of nitrogens with zero attached hydrogens (tertiary/aromatic N) is 3. The van der Waals surface area contributed by atoms with Gasteiger partial charge in [0, 0.05) is 26.2 Å². The summed E-state index contributed by atoms with van der Waals surface area (Å²) in [5.74, 6) is 0.205. The quantitative estimate of drug-likeness (QED) is 0.848. The molecule has 0 atom stereocenters. The van der Waals surface area contributed by atoms with Gasteiger partial charge in [-0.3, -0.25) is 13.9 Å². The summed E-state index contributed by atoms with van der Waals surface area (Å²) in [6.45, 7) is 0.353. The lowest BCUT2D eigenvalue weighted by atomic mass is 10.3. The molecular weight excluding hydrogens is 248 g/mol. The highest BCUT2D eigenvalue weighted by molar-refractivity contribution is 5.51. The molecule has 2 heterocycles. The molecule has 7 nitrogen and oxygen atoms in total. The number of nitrogens with one attached hydrogen (secondary N) is 1. The van der Waals surface area contributed by atoms with Crippen LogP contribution in [0.2, 0.25) is 0 Å². The van der Waals surface area contributed by atoms with Crippen molar-refractivity contribution in [3.05, 3.63) is 50.6 Å². The highest BCUT2D eigenvalue weighted by atomic mass is 16.3. The molecule has 2 aromatic heterocycles. The Morgan fingerprint density at radius 3 is 2.68 bits per heavy atom. The Labute approximate surface area is 108 Å². The van der Waals surface area contributed by atoms with Gasteiger partial charge in [0.15, 0.2) is 5.56 Å². The van der Waals surface area contributed by atoms with E-state index in [4.69, 9.17) is 9.68 Å². The fourth-order valence-electron chi connectivity index (χ4n) is 1.73. The van der Waals surface area contributed by atoms with Crippen molar-refractivity contribution >= 4 is 5.82 Å². The van der Waals surface area contributed by atoms with Gasteiger partial charge in [-0.1, -0.05) is 0 Å². The lowest BCUT2D eigenvalue weighted by Crippen LogP contribution is -2.39. The minimum absolute atomic E-state index is 0.0897. The van der Waals surface area contributed by atoms with Gasteiger partial charge in [0.05, 0.1) is 12.5 Å². The van der Waals surface area contributed by atoms with E-state index in [0.29, 0.717) is 6.54 Å². The summed E-state index contributed by atoms with van der Waals surface area (Å²) in [5, 5.41) is 12.0. The molecule has 0 fully saturated rings. The van der Waals surface area contributed by atoms with E-state index in [2.05, 4.69) is 5.32 Å². The molecule has 2 rings (SSSR count). The van der Waals surface area contributed by atoms with E-state index in [1.807, 2.05) is 6.07 Å². The molecule has 0 radical (unpaired) electrons. The Morgan fingerprint density at radius 1 is 1.37 bits per heavy atom. The first-order chi connectivity index (χ1) is 9.06. The van der Waals surface area contributed by atoms with Crippen molar-refractivity contribution in [1.82, 2.24) is 9.13 Å². The first kappa shape index (κ1) is 12.7. The SMILES string of the molecule is Cn1c(NCc2ccoc2)c(C#N)c(=O)n(C)c1=O. The normalized spacial score (nSPS) is 10.2. The van der Waals surface area contributed by atoms with Crippen LogP contribution in [0.4, 0.5) is 5.82 Å². The van der Waals surface area contributed by atoms with Crippen molar-refractivity contribution in [1.29, 1.82) is 5.26 Å². The third-order valence-electron chi connectivity index (χ3n) is 2.82. The molecule has 0 aliphatic heterocycles. The third-order valence-corrected chi connectivity index (χ3v) is 2.82. The van der Waals surface area contributed by atoms with E-state index < -0.39 is 11.2 Å². The van der Waals surface area contributed by atoms with Crippen LogP contribution in [0, 0.1) is 11.3 Å². The number of nitriles is 1. The molecule has 19 heavy (non-hydrogen) atoms. The molecule has 0 amide bonds. The van der Waals surface area contributed by atoms with Crippen LogP contribution in [-0.2, 0) is 20.6 Å². The average molecular weight is 260 g/mol. The summed E-state index contributed by atoms with van der Waals surface area (Å²) >= 11 is 0. The number of aromatic nitrogens is 2. The number of rotatable bonds is 3. The predicted molar refractivity (Wildman–Crippen MR) is 67.7 cm³/mol. The molecule has 0 bridgehead atoms. The van der Waals surface area contributed by atoms with Crippen molar-refractivity contribution in [3.8, 4) is 6.07 Å². The number of furan rings is 1. The van der Waals surface area contributed by atoms with Crippen molar-refractivity contribution in [3.63, 3.8) is 0 Å². The number of anilines is 1. The first-order valence-electron chi connectivity index (χ1n) is 5.51. The largest absolute Gasteiger partial charge is 0.472 e. The Balaban J connectivity index is 2.48. The van der Waals surface area contributed by atoms with Crippen LogP contribution in [0.25, 0.3) is 0 Å². The van der Waals surface area contributed by atoms with E-state index >= 15 is 0 Å².